The molecule has 0 aliphatic heterocycles. The summed E-state index contributed by atoms with van der Waals surface area (Å²) in [5.41, 5.74) is 9.34. The van der Waals surface area contributed by atoms with Gasteiger partial charge < -0.3 is 20.9 Å². The molecule has 2 aromatic carbocycles. The molecule has 0 aliphatic rings. The van der Waals surface area contributed by atoms with Crippen molar-refractivity contribution in [2.75, 3.05) is 16.4 Å². The van der Waals surface area contributed by atoms with Gasteiger partial charge in [-0.2, -0.15) is 0 Å². The summed E-state index contributed by atoms with van der Waals surface area (Å²) in [4.78, 5) is 30.5. The third-order valence-corrected chi connectivity index (χ3v) is 5.85. The molecule has 0 bridgehead atoms. The number of rotatable bonds is 4. The van der Waals surface area contributed by atoms with Gasteiger partial charge >= 0.3 is 6.03 Å². The fraction of sp³-hybridized carbons (Fsp3) is 0.0455. The molecule has 9 nitrogen and oxygen atoms in total. The summed E-state index contributed by atoms with van der Waals surface area (Å²) in [6, 6.07) is 12.6. The highest BCUT2D eigenvalue weighted by Crippen LogP contribution is 2.36. The van der Waals surface area contributed by atoms with Crippen molar-refractivity contribution >= 4 is 44.9 Å². The van der Waals surface area contributed by atoms with E-state index < -0.39 is 11.8 Å². The second-order valence-electron chi connectivity index (χ2n) is 7.12. The van der Waals surface area contributed by atoms with E-state index in [2.05, 4.69) is 30.6 Å². The number of aromatic nitrogens is 5. The zero-order valence-corrected chi connectivity index (χ0v) is 18.1. The average molecular weight is 460 g/mol. The van der Waals surface area contributed by atoms with E-state index in [9.17, 15) is 9.18 Å². The van der Waals surface area contributed by atoms with Crippen LogP contribution in [0, 0.1) is 5.82 Å². The number of nitrogen functional groups attached to an aromatic ring is 1. The van der Waals surface area contributed by atoms with Crippen LogP contribution in [0.25, 0.3) is 32.3 Å². The summed E-state index contributed by atoms with van der Waals surface area (Å²) < 4.78 is 15.7. The standard InChI is InChI=1S/C22H17FN8OS/c1-31-11-27-16(18(31)21-30-17-19(24)25-10-26-20(17)33-21)12-5-4-6-13(9-12)28-22(32)29-15-8-3-2-7-14(15)23/h2-11H,1H3,(H2,24,25,26)(H2,28,29,32). The highest BCUT2D eigenvalue weighted by molar-refractivity contribution is 7.21. The Morgan fingerprint density at radius 2 is 1.94 bits per heavy atom. The smallest absolute Gasteiger partial charge is 0.323 e. The highest BCUT2D eigenvalue weighted by atomic mass is 32.1. The third-order valence-electron chi connectivity index (χ3n) is 4.88. The predicted molar refractivity (Wildman–Crippen MR) is 126 cm³/mol. The summed E-state index contributed by atoms with van der Waals surface area (Å²) in [5.74, 6) is -0.195. The number of thiazole rings is 1. The van der Waals surface area contributed by atoms with Crippen LogP contribution in [-0.4, -0.2) is 30.5 Å². The minimum absolute atomic E-state index is 0.0939. The number of benzene rings is 2. The normalized spacial score (nSPS) is 11.0. The van der Waals surface area contributed by atoms with Gasteiger partial charge in [-0.15, -0.1) is 0 Å². The Morgan fingerprint density at radius 3 is 2.76 bits per heavy atom. The molecule has 33 heavy (non-hydrogen) atoms. The van der Waals surface area contributed by atoms with Crippen LogP contribution in [0.3, 0.4) is 0 Å². The number of nitrogens with one attached hydrogen (secondary N) is 2. The number of amides is 2. The lowest BCUT2D eigenvalue weighted by Gasteiger charge is -2.10. The molecule has 164 valence electrons. The van der Waals surface area contributed by atoms with Crippen LogP contribution < -0.4 is 16.4 Å². The van der Waals surface area contributed by atoms with E-state index in [1.54, 1.807) is 36.7 Å². The number of carbonyl (C=O) groups is 1. The van der Waals surface area contributed by atoms with Crippen molar-refractivity contribution in [2.45, 2.75) is 0 Å². The van der Waals surface area contributed by atoms with Crippen molar-refractivity contribution in [1.29, 1.82) is 0 Å². The zero-order chi connectivity index (χ0) is 22.9. The van der Waals surface area contributed by atoms with Gasteiger partial charge in [-0.05, 0) is 24.3 Å². The molecule has 0 saturated carbocycles. The van der Waals surface area contributed by atoms with Gasteiger partial charge in [-0.1, -0.05) is 35.6 Å². The quantitative estimate of drug-likeness (QED) is 0.362. The molecule has 5 rings (SSSR count). The van der Waals surface area contributed by atoms with Gasteiger partial charge in [-0.25, -0.2) is 29.1 Å². The maximum atomic E-state index is 13.8. The number of imidazole rings is 1. The fourth-order valence-corrected chi connectivity index (χ4v) is 4.36. The van der Waals surface area contributed by atoms with E-state index in [0.29, 0.717) is 32.6 Å². The van der Waals surface area contributed by atoms with Gasteiger partial charge in [-0.3, -0.25) is 0 Å². The molecule has 0 fully saturated rings. The summed E-state index contributed by atoms with van der Waals surface area (Å²) in [7, 11) is 1.87. The maximum Gasteiger partial charge on any atom is 0.323 e. The maximum absolute atomic E-state index is 13.8. The van der Waals surface area contributed by atoms with Crippen LogP contribution in [0.15, 0.2) is 61.2 Å². The Bertz CT molecular complexity index is 1500. The number of urea groups is 1. The van der Waals surface area contributed by atoms with Gasteiger partial charge in [0.15, 0.2) is 5.82 Å². The molecule has 3 aromatic heterocycles. The lowest BCUT2D eigenvalue weighted by atomic mass is 10.1. The first-order valence-corrected chi connectivity index (χ1v) is 10.6. The van der Waals surface area contributed by atoms with Crippen molar-refractivity contribution in [3.8, 4) is 22.0 Å². The highest BCUT2D eigenvalue weighted by Gasteiger charge is 2.19. The van der Waals surface area contributed by atoms with Crippen LogP contribution >= 0.6 is 11.3 Å². The Hall–Kier alpha value is -4.38. The molecule has 0 saturated heterocycles. The number of carbonyl (C=O) groups excluding carboxylic acids is 1. The summed E-state index contributed by atoms with van der Waals surface area (Å²) in [6.45, 7) is 0. The van der Waals surface area contributed by atoms with Gasteiger partial charge in [0.25, 0.3) is 0 Å². The van der Waals surface area contributed by atoms with Gasteiger partial charge in [0.1, 0.15) is 33.2 Å². The number of nitrogens with two attached hydrogens (primary N) is 1. The van der Waals surface area contributed by atoms with Crippen molar-refractivity contribution < 1.29 is 9.18 Å². The lowest BCUT2D eigenvalue weighted by molar-refractivity contribution is 0.262. The first-order valence-electron chi connectivity index (χ1n) is 9.81. The molecule has 5 aromatic rings. The van der Waals surface area contributed by atoms with Crippen LogP contribution in [0.2, 0.25) is 0 Å². The number of aryl methyl sites for hydroxylation is 1. The number of hydrogen-bond acceptors (Lipinski definition) is 7. The third kappa shape index (κ3) is 3.96. The average Bonchev–Trinajstić information content (AvgIpc) is 3.39. The molecule has 11 heteroatoms. The molecule has 0 unspecified atom stereocenters. The van der Waals surface area contributed by atoms with E-state index in [-0.39, 0.29) is 5.69 Å². The second kappa shape index (κ2) is 8.28. The number of hydrogen-bond donors (Lipinski definition) is 3. The topological polar surface area (TPSA) is 124 Å². The molecule has 0 radical (unpaired) electrons. The van der Waals surface area contributed by atoms with Crippen molar-refractivity contribution in [2.24, 2.45) is 7.05 Å². The van der Waals surface area contributed by atoms with Crippen molar-refractivity contribution in [1.82, 2.24) is 24.5 Å². The Morgan fingerprint density at radius 1 is 1.09 bits per heavy atom. The van der Waals surface area contributed by atoms with E-state index in [1.807, 2.05) is 17.7 Å². The fourth-order valence-electron chi connectivity index (χ4n) is 3.36. The monoisotopic (exact) mass is 460 g/mol. The molecular formula is C22H17FN8OS. The Kier molecular flexibility index (Phi) is 5.15. The molecule has 0 spiro atoms. The van der Waals surface area contributed by atoms with Crippen LogP contribution in [0.1, 0.15) is 0 Å². The second-order valence-corrected chi connectivity index (χ2v) is 8.10. The van der Waals surface area contributed by atoms with Gasteiger partial charge in [0.05, 0.1) is 17.7 Å². The minimum atomic E-state index is -0.557. The lowest BCUT2D eigenvalue weighted by Crippen LogP contribution is -2.20. The van der Waals surface area contributed by atoms with Crippen LogP contribution in [-0.2, 0) is 7.05 Å². The van der Waals surface area contributed by atoms with Gasteiger partial charge in [0, 0.05) is 18.3 Å². The summed E-state index contributed by atoms with van der Waals surface area (Å²) in [5, 5.41) is 5.92. The number of fused-ring (bicyclic) bond motifs is 1. The molecular weight excluding hydrogens is 443 g/mol. The Labute approximate surface area is 191 Å². The van der Waals surface area contributed by atoms with E-state index >= 15 is 0 Å². The SMILES string of the molecule is Cn1cnc(-c2cccc(NC(=O)Nc3ccccc3F)c2)c1-c1nc2c(N)ncnc2s1. The van der Waals surface area contributed by atoms with E-state index in [4.69, 9.17) is 5.73 Å². The number of para-hydroxylation sites is 1. The first kappa shape index (κ1) is 20.5. The number of nitrogens with zero attached hydrogens (tertiary/aromatic N) is 5. The molecule has 3 heterocycles. The number of anilines is 3. The summed E-state index contributed by atoms with van der Waals surface area (Å²) in [6.07, 6.45) is 3.10. The van der Waals surface area contributed by atoms with Gasteiger partial charge in [0.2, 0.25) is 0 Å². The molecule has 4 N–H and O–H groups in total. The largest absolute Gasteiger partial charge is 0.382 e. The molecule has 0 aliphatic carbocycles. The minimum Gasteiger partial charge on any atom is -0.382 e. The van der Waals surface area contributed by atoms with E-state index in [1.165, 1.54) is 29.8 Å². The van der Waals surface area contributed by atoms with Crippen molar-refractivity contribution in [3.05, 3.63) is 67.0 Å². The zero-order valence-electron chi connectivity index (χ0n) is 17.3. The first-order chi connectivity index (χ1) is 16.0. The molecule has 0 atom stereocenters. The Balaban J connectivity index is 1.45. The summed E-state index contributed by atoms with van der Waals surface area (Å²) >= 11 is 1.39. The number of halogens is 1. The van der Waals surface area contributed by atoms with Crippen LogP contribution in [0.5, 0.6) is 0 Å². The molecule has 2 amide bonds. The van der Waals surface area contributed by atoms with E-state index in [0.717, 1.165) is 11.3 Å². The van der Waals surface area contributed by atoms with Crippen LogP contribution in [0.4, 0.5) is 26.4 Å². The predicted octanol–water partition coefficient (Wildman–Crippen LogP) is 4.52. The van der Waals surface area contributed by atoms with Crippen molar-refractivity contribution in [3.63, 3.8) is 0 Å².